The number of benzene rings is 1. The zero-order valence-corrected chi connectivity index (χ0v) is 33.2. The summed E-state index contributed by atoms with van der Waals surface area (Å²) in [4.78, 5) is 65.9. The maximum absolute atomic E-state index is 14.6. The largest absolute Gasteiger partial charge is 0.497 e. The van der Waals surface area contributed by atoms with Gasteiger partial charge in [-0.3, -0.25) is 9.59 Å². The Hall–Kier alpha value is -4.92. The van der Waals surface area contributed by atoms with Crippen molar-refractivity contribution in [3.63, 3.8) is 0 Å². The molecule has 1 aromatic carbocycles. The molecule has 3 aromatic rings. The first-order valence-corrected chi connectivity index (χ1v) is 21.4. The lowest BCUT2D eigenvalue weighted by molar-refractivity contribution is -0.145. The van der Waals surface area contributed by atoms with Crippen LogP contribution >= 0.6 is 11.3 Å². The summed E-state index contributed by atoms with van der Waals surface area (Å²) in [6, 6.07) is 5.79. The minimum absolute atomic E-state index is 0.0393. The molecule has 1 unspecified atom stereocenters. The van der Waals surface area contributed by atoms with Crippen molar-refractivity contribution in [3.05, 3.63) is 41.8 Å². The van der Waals surface area contributed by atoms with Crippen molar-refractivity contribution in [2.75, 3.05) is 19.0 Å². The number of amides is 3. The van der Waals surface area contributed by atoms with Gasteiger partial charge in [0, 0.05) is 41.3 Å². The van der Waals surface area contributed by atoms with Gasteiger partial charge in [-0.2, -0.15) is 0 Å². The standard InChI is InChI=1S/C42H52N6O8S/c1-54-28-17-18-30-32(19-28)44-33(34-24-57-40(45-34)43-26-12-7-8-13-26)21-36(30)55-29-20-35-37(49)47-42(39(51)52)22-25(42)11-5-3-2-4-6-16-31(38(50)48(35)23-29)46-41(53)56-27-14-9-10-15-27/h5,11,17-19,21,24-27,29,31,35H,2-4,6-10,12-16,20,22-23H2,1H3,(H,43,45)(H,46,53)(H,47,49)(H,51,52)/t25?,29-,31+,35+,42-/m1/s1. The highest BCUT2D eigenvalue weighted by molar-refractivity contribution is 7.14. The highest BCUT2D eigenvalue weighted by Crippen LogP contribution is 2.45. The van der Waals surface area contributed by atoms with Crippen molar-refractivity contribution in [3.8, 4) is 22.9 Å². The quantitative estimate of drug-likeness (QED) is 0.172. The van der Waals surface area contributed by atoms with Gasteiger partial charge >= 0.3 is 12.1 Å². The van der Waals surface area contributed by atoms with Crippen LogP contribution in [0.25, 0.3) is 22.3 Å². The second-order valence-electron chi connectivity index (χ2n) is 16.2. The Morgan fingerprint density at radius 2 is 1.75 bits per heavy atom. The fourth-order valence-electron chi connectivity index (χ4n) is 8.89. The lowest BCUT2D eigenvalue weighted by atomic mass is 10.0. The first-order chi connectivity index (χ1) is 27.7. The second-order valence-corrected chi connectivity index (χ2v) is 17.0. The van der Waals surface area contributed by atoms with Crippen molar-refractivity contribution in [2.45, 2.75) is 132 Å². The number of carboxylic acids is 1. The zero-order chi connectivity index (χ0) is 39.5. The van der Waals surface area contributed by atoms with Crippen LogP contribution < -0.4 is 25.4 Å². The van der Waals surface area contributed by atoms with Crippen LogP contribution in [-0.4, -0.2) is 93.4 Å². The molecule has 4 fully saturated rings. The molecule has 2 aromatic heterocycles. The lowest BCUT2D eigenvalue weighted by Gasteiger charge is -2.29. The topological polar surface area (TPSA) is 181 Å². The van der Waals surface area contributed by atoms with Crippen molar-refractivity contribution in [1.82, 2.24) is 25.5 Å². The highest BCUT2D eigenvalue weighted by atomic mass is 32.1. The van der Waals surface area contributed by atoms with Crippen molar-refractivity contribution in [2.24, 2.45) is 5.92 Å². The van der Waals surface area contributed by atoms with Gasteiger partial charge in [-0.15, -0.1) is 11.3 Å². The smallest absolute Gasteiger partial charge is 0.408 e. The van der Waals surface area contributed by atoms with Gasteiger partial charge in [0.1, 0.15) is 47.0 Å². The number of aromatic nitrogens is 2. The van der Waals surface area contributed by atoms with E-state index >= 15 is 0 Å². The number of hydrogen-bond acceptors (Lipinski definition) is 11. The van der Waals surface area contributed by atoms with E-state index in [2.05, 4.69) is 16.0 Å². The molecule has 8 rings (SSSR count). The number of methoxy groups -OCH3 is 1. The molecule has 0 radical (unpaired) electrons. The molecule has 14 nitrogen and oxygen atoms in total. The summed E-state index contributed by atoms with van der Waals surface area (Å²) in [7, 11) is 1.59. The Labute approximate surface area is 336 Å². The third-order valence-corrected chi connectivity index (χ3v) is 13.0. The molecule has 3 saturated carbocycles. The molecule has 2 aliphatic heterocycles. The first kappa shape index (κ1) is 38.9. The number of nitrogens with one attached hydrogen (secondary N) is 3. The fraction of sp³-hybridized carbons (Fsp3) is 0.571. The van der Waals surface area contributed by atoms with Crippen LogP contribution in [0.1, 0.15) is 96.3 Å². The van der Waals surface area contributed by atoms with Crippen LogP contribution in [0.5, 0.6) is 11.5 Å². The predicted octanol–water partition coefficient (Wildman–Crippen LogP) is 6.59. The molecule has 4 heterocycles. The Kier molecular flexibility index (Phi) is 11.5. The average Bonchev–Trinajstić information content (AvgIpc) is 3.85. The highest BCUT2D eigenvalue weighted by Gasteiger charge is 2.61. The van der Waals surface area contributed by atoms with Gasteiger partial charge in [0.2, 0.25) is 11.8 Å². The number of thiazole rings is 1. The molecule has 4 N–H and O–H groups in total. The van der Waals surface area contributed by atoms with Crippen LogP contribution in [-0.2, 0) is 19.1 Å². The number of ether oxygens (including phenoxy) is 3. The summed E-state index contributed by atoms with van der Waals surface area (Å²) in [5.74, 6) is -1.32. The number of anilines is 1. The third-order valence-electron chi connectivity index (χ3n) is 12.2. The summed E-state index contributed by atoms with van der Waals surface area (Å²) in [6.45, 7) is 0.0393. The van der Waals surface area contributed by atoms with Crippen LogP contribution in [0, 0.1) is 5.92 Å². The number of allylic oxidation sites excluding steroid dienone is 1. The molecule has 0 spiro atoms. The van der Waals surface area contributed by atoms with E-state index < -0.39 is 47.6 Å². The predicted molar refractivity (Wildman–Crippen MR) is 214 cm³/mol. The summed E-state index contributed by atoms with van der Waals surface area (Å²) >= 11 is 1.53. The number of fused-ring (bicyclic) bond motifs is 3. The number of hydrogen-bond donors (Lipinski definition) is 4. The summed E-state index contributed by atoms with van der Waals surface area (Å²) in [5, 5.41) is 23.0. The maximum atomic E-state index is 14.6. The van der Waals surface area contributed by atoms with Crippen LogP contribution in [0.4, 0.5) is 9.93 Å². The van der Waals surface area contributed by atoms with Crippen LogP contribution in [0.3, 0.4) is 0 Å². The van der Waals surface area contributed by atoms with Crippen LogP contribution in [0.15, 0.2) is 41.8 Å². The number of alkyl carbamates (subject to hydrolysis) is 1. The monoisotopic (exact) mass is 800 g/mol. The van der Waals surface area contributed by atoms with E-state index in [0.29, 0.717) is 52.7 Å². The molecule has 304 valence electrons. The zero-order valence-electron chi connectivity index (χ0n) is 32.4. The molecule has 3 amide bonds. The summed E-state index contributed by atoms with van der Waals surface area (Å²) in [6.07, 6.45) is 14.4. The number of pyridine rings is 1. The number of carbonyl (C=O) groups is 4. The minimum Gasteiger partial charge on any atom is -0.497 e. The van der Waals surface area contributed by atoms with E-state index in [1.54, 1.807) is 7.11 Å². The normalized spacial score (nSPS) is 27.2. The van der Waals surface area contributed by atoms with Gasteiger partial charge in [0.15, 0.2) is 5.13 Å². The van der Waals surface area contributed by atoms with E-state index in [-0.39, 0.29) is 31.4 Å². The van der Waals surface area contributed by atoms with Crippen molar-refractivity contribution < 1.29 is 38.5 Å². The van der Waals surface area contributed by atoms with Crippen molar-refractivity contribution in [1.29, 1.82) is 0 Å². The fourth-order valence-corrected chi connectivity index (χ4v) is 9.68. The number of carbonyl (C=O) groups excluding carboxylic acids is 3. The van der Waals surface area contributed by atoms with Gasteiger partial charge in [-0.05, 0) is 76.3 Å². The molecular formula is C42H52N6O8S. The molecule has 5 aliphatic rings. The van der Waals surface area contributed by atoms with Gasteiger partial charge in [-0.25, -0.2) is 19.6 Å². The van der Waals surface area contributed by atoms with Gasteiger partial charge in [-0.1, -0.05) is 37.8 Å². The Bertz CT molecular complexity index is 2010. The van der Waals surface area contributed by atoms with Gasteiger partial charge in [0.25, 0.3) is 0 Å². The van der Waals surface area contributed by atoms with E-state index in [1.165, 1.54) is 29.1 Å². The summed E-state index contributed by atoms with van der Waals surface area (Å²) in [5.41, 5.74) is 0.472. The molecule has 15 heteroatoms. The minimum atomic E-state index is -1.45. The Morgan fingerprint density at radius 3 is 2.54 bits per heavy atom. The molecular weight excluding hydrogens is 749 g/mol. The van der Waals surface area contributed by atoms with E-state index in [4.69, 9.17) is 24.2 Å². The third kappa shape index (κ3) is 8.68. The van der Waals surface area contributed by atoms with Gasteiger partial charge in [0.05, 0.1) is 24.9 Å². The summed E-state index contributed by atoms with van der Waals surface area (Å²) < 4.78 is 18.0. The van der Waals surface area contributed by atoms with Crippen LogP contribution in [0.2, 0.25) is 0 Å². The maximum Gasteiger partial charge on any atom is 0.408 e. The van der Waals surface area contributed by atoms with Crippen molar-refractivity contribution >= 4 is 51.2 Å². The van der Waals surface area contributed by atoms with E-state index in [1.807, 2.05) is 41.8 Å². The Balaban J connectivity index is 1.09. The Morgan fingerprint density at radius 1 is 0.965 bits per heavy atom. The molecule has 1 saturated heterocycles. The molecule has 3 aliphatic carbocycles. The lowest BCUT2D eigenvalue weighted by Crippen LogP contribution is -2.56. The second kappa shape index (κ2) is 16.9. The number of aliphatic carboxylic acids is 1. The molecule has 0 bridgehead atoms. The number of carboxylic acid groups (broad SMARTS) is 1. The first-order valence-electron chi connectivity index (χ1n) is 20.6. The number of rotatable bonds is 9. The van der Waals surface area contributed by atoms with E-state index in [0.717, 1.165) is 62.9 Å². The SMILES string of the molecule is COc1ccc2c(O[C@@H]3C[C@H]4C(=O)N[C@]5(C(=O)O)CC5C=CCCCCC[C@H](NC(=O)OC5CCCC5)C(=O)N4C3)cc(-c3csc(NC4CCCC4)n3)nc2c1. The molecule has 57 heavy (non-hydrogen) atoms. The average molecular weight is 801 g/mol. The van der Waals surface area contributed by atoms with Gasteiger partial charge < -0.3 is 40.2 Å². The molecule has 5 atom stereocenters. The van der Waals surface area contributed by atoms with E-state index in [9.17, 15) is 24.3 Å². The number of nitrogens with zero attached hydrogens (tertiary/aromatic N) is 3.